The first-order valence-corrected chi connectivity index (χ1v) is 12.8. The number of thiophene rings is 1. The number of carbonyl (C=O) groups excluding carboxylic acids is 1. The number of hydrogen-bond acceptors (Lipinski definition) is 4. The van der Waals surface area contributed by atoms with Crippen molar-refractivity contribution >= 4 is 27.3 Å². The highest BCUT2D eigenvalue weighted by atomic mass is 32.2. The molecule has 0 saturated heterocycles. The lowest BCUT2D eigenvalue weighted by Gasteiger charge is -2.29. The van der Waals surface area contributed by atoms with Crippen LogP contribution in [0.25, 0.3) is 0 Å². The van der Waals surface area contributed by atoms with E-state index in [0.29, 0.717) is 12.6 Å². The van der Waals surface area contributed by atoms with E-state index in [-0.39, 0.29) is 6.54 Å². The molecule has 1 aromatic heterocycles. The molecule has 1 heterocycles. The van der Waals surface area contributed by atoms with Crippen LogP contribution in [0.15, 0.2) is 77.0 Å². The monoisotopic (exact) mass is 510 g/mol. The number of halogens is 3. The molecule has 10 heteroatoms. The van der Waals surface area contributed by atoms with Crippen molar-refractivity contribution in [3.63, 3.8) is 0 Å². The van der Waals surface area contributed by atoms with E-state index >= 15 is 0 Å². The SMILES string of the molecule is CC(C)N(CC(=O)N(Cc1ccccc1)Cc1cccs1)S(=O)(=O)c1cccc(C(F)(F)F)c1. The van der Waals surface area contributed by atoms with E-state index < -0.39 is 45.2 Å². The fourth-order valence-electron chi connectivity index (χ4n) is 3.37. The molecule has 3 aromatic rings. The van der Waals surface area contributed by atoms with Crippen LogP contribution in [0.3, 0.4) is 0 Å². The average Bonchev–Trinajstić information content (AvgIpc) is 3.30. The molecule has 1 amide bonds. The molecule has 0 radical (unpaired) electrons. The van der Waals surface area contributed by atoms with Gasteiger partial charge in [-0.1, -0.05) is 42.5 Å². The molecule has 0 saturated carbocycles. The average molecular weight is 511 g/mol. The molecule has 0 unspecified atom stereocenters. The van der Waals surface area contributed by atoms with Crippen LogP contribution in [0.5, 0.6) is 0 Å². The Hall–Kier alpha value is -2.69. The predicted octanol–water partition coefficient (Wildman–Crippen LogP) is 5.40. The van der Waals surface area contributed by atoms with Gasteiger partial charge in [0.2, 0.25) is 15.9 Å². The van der Waals surface area contributed by atoms with Crippen molar-refractivity contribution in [2.75, 3.05) is 6.54 Å². The highest BCUT2D eigenvalue weighted by molar-refractivity contribution is 7.89. The number of nitrogens with zero attached hydrogens (tertiary/aromatic N) is 2. The van der Waals surface area contributed by atoms with Gasteiger partial charge in [-0.3, -0.25) is 4.79 Å². The van der Waals surface area contributed by atoms with E-state index in [0.717, 1.165) is 32.9 Å². The highest BCUT2D eigenvalue weighted by Gasteiger charge is 2.35. The summed E-state index contributed by atoms with van der Waals surface area (Å²) in [6, 6.07) is 16.0. The van der Waals surface area contributed by atoms with Crippen LogP contribution in [0.2, 0.25) is 0 Å². The van der Waals surface area contributed by atoms with Crippen LogP contribution >= 0.6 is 11.3 Å². The fourth-order valence-corrected chi connectivity index (χ4v) is 5.73. The number of amides is 1. The molecule has 34 heavy (non-hydrogen) atoms. The second-order valence-electron chi connectivity index (χ2n) is 7.98. The summed E-state index contributed by atoms with van der Waals surface area (Å²) in [7, 11) is -4.36. The van der Waals surface area contributed by atoms with E-state index in [1.807, 2.05) is 47.8 Å². The van der Waals surface area contributed by atoms with Crippen LogP contribution in [0.4, 0.5) is 13.2 Å². The van der Waals surface area contributed by atoms with E-state index in [4.69, 9.17) is 0 Å². The molecule has 5 nitrogen and oxygen atoms in total. The number of sulfonamides is 1. The van der Waals surface area contributed by atoms with E-state index in [9.17, 15) is 26.4 Å². The van der Waals surface area contributed by atoms with E-state index in [1.165, 1.54) is 11.3 Å². The molecular weight excluding hydrogens is 485 g/mol. The highest BCUT2D eigenvalue weighted by Crippen LogP contribution is 2.31. The summed E-state index contributed by atoms with van der Waals surface area (Å²) in [6.45, 7) is 3.24. The fraction of sp³-hybridized carbons (Fsp3) is 0.292. The first-order chi connectivity index (χ1) is 16.0. The Bertz CT molecular complexity index is 1200. The summed E-state index contributed by atoms with van der Waals surface area (Å²) in [6.07, 6.45) is -4.68. The van der Waals surface area contributed by atoms with Gasteiger partial charge in [0, 0.05) is 17.5 Å². The van der Waals surface area contributed by atoms with Crippen LogP contribution < -0.4 is 0 Å². The molecule has 0 spiro atoms. The van der Waals surface area contributed by atoms with Gasteiger partial charge in [0.1, 0.15) is 0 Å². The van der Waals surface area contributed by atoms with Crippen molar-refractivity contribution in [1.29, 1.82) is 0 Å². The van der Waals surface area contributed by atoms with Crippen LogP contribution in [0, 0.1) is 0 Å². The van der Waals surface area contributed by atoms with Crippen molar-refractivity contribution in [2.45, 2.75) is 44.1 Å². The van der Waals surface area contributed by atoms with E-state index in [2.05, 4.69) is 0 Å². The van der Waals surface area contributed by atoms with E-state index in [1.54, 1.807) is 18.7 Å². The molecular formula is C24H25F3N2O3S2. The Labute approximate surface area is 201 Å². The molecule has 0 aliphatic carbocycles. The second kappa shape index (κ2) is 10.7. The summed E-state index contributed by atoms with van der Waals surface area (Å²) in [5.41, 5.74) is -0.184. The third-order valence-electron chi connectivity index (χ3n) is 5.13. The minimum absolute atomic E-state index is 0.271. The predicted molar refractivity (Wildman–Crippen MR) is 125 cm³/mol. The molecule has 0 aliphatic heterocycles. The molecule has 0 bridgehead atoms. The lowest BCUT2D eigenvalue weighted by atomic mass is 10.2. The van der Waals surface area contributed by atoms with Gasteiger partial charge in [-0.25, -0.2) is 8.42 Å². The zero-order valence-corrected chi connectivity index (χ0v) is 20.3. The quantitative estimate of drug-likeness (QED) is 0.388. The zero-order chi connectivity index (χ0) is 24.9. The van der Waals surface area contributed by atoms with Crippen LogP contribution in [-0.4, -0.2) is 36.1 Å². The Morgan fingerprint density at radius 2 is 1.68 bits per heavy atom. The Balaban J connectivity index is 1.89. The van der Waals surface area contributed by atoms with Gasteiger partial charge >= 0.3 is 6.18 Å². The van der Waals surface area contributed by atoms with Gasteiger partial charge in [-0.15, -0.1) is 11.3 Å². The maximum absolute atomic E-state index is 13.3. The number of carbonyl (C=O) groups is 1. The number of benzene rings is 2. The second-order valence-corrected chi connectivity index (χ2v) is 10.9. The minimum Gasteiger partial charge on any atom is -0.332 e. The maximum atomic E-state index is 13.3. The molecule has 0 aliphatic rings. The van der Waals surface area contributed by atoms with Crippen molar-refractivity contribution in [1.82, 2.24) is 9.21 Å². The minimum atomic E-state index is -4.68. The standard InChI is InChI=1S/C24H25F3N2O3S2/c1-18(2)29(34(31,32)22-12-6-10-20(14-22)24(25,26)27)17-23(30)28(16-21-11-7-13-33-21)15-19-8-4-3-5-9-19/h3-14,18H,15-17H2,1-2H3. The molecule has 182 valence electrons. The van der Waals surface area contributed by atoms with Gasteiger partial charge in [0.05, 0.1) is 23.5 Å². The van der Waals surface area contributed by atoms with Gasteiger partial charge in [0.25, 0.3) is 0 Å². The Morgan fingerprint density at radius 1 is 0.971 bits per heavy atom. The van der Waals surface area contributed by atoms with Crippen molar-refractivity contribution < 1.29 is 26.4 Å². The first kappa shape index (κ1) is 25.9. The third kappa shape index (κ3) is 6.46. The molecule has 0 atom stereocenters. The molecule has 3 rings (SSSR count). The third-order valence-corrected chi connectivity index (χ3v) is 8.01. The largest absolute Gasteiger partial charge is 0.416 e. The lowest BCUT2D eigenvalue weighted by molar-refractivity contribution is -0.137. The van der Waals surface area contributed by atoms with Gasteiger partial charge in [-0.2, -0.15) is 17.5 Å². The molecule has 0 N–H and O–H groups in total. The normalized spacial score (nSPS) is 12.3. The van der Waals surface area contributed by atoms with Crippen LogP contribution in [-0.2, 0) is 34.1 Å². The van der Waals surface area contributed by atoms with Crippen molar-refractivity contribution in [2.24, 2.45) is 0 Å². The van der Waals surface area contributed by atoms with Crippen molar-refractivity contribution in [3.05, 3.63) is 88.1 Å². The summed E-state index contributed by atoms with van der Waals surface area (Å²) < 4.78 is 66.9. The van der Waals surface area contributed by atoms with Crippen LogP contribution in [0.1, 0.15) is 29.9 Å². The summed E-state index contributed by atoms with van der Waals surface area (Å²) in [5.74, 6) is -0.443. The number of hydrogen-bond donors (Lipinski definition) is 0. The Kier molecular flexibility index (Phi) is 8.17. The summed E-state index contributed by atoms with van der Waals surface area (Å²) >= 11 is 1.48. The summed E-state index contributed by atoms with van der Waals surface area (Å²) in [5, 5.41) is 1.89. The van der Waals surface area contributed by atoms with Crippen molar-refractivity contribution in [3.8, 4) is 0 Å². The van der Waals surface area contributed by atoms with Gasteiger partial charge < -0.3 is 4.90 Å². The first-order valence-electron chi connectivity index (χ1n) is 10.5. The lowest BCUT2D eigenvalue weighted by Crippen LogP contribution is -2.45. The molecule has 0 fully saturated rings. The Morgan fingerprint density at radius 3 is 2.26 bits per heavy atom. The summed E-state index contributed by atoms with van der Waals surface area (Å²) in [4.78, 5) is 15.3. The van der Waals surface area contributed by atoms with Gasteiger partial charge in [0.15, 0.2) is 0 Å². The zero-order valence-electron chi connectivity index (χ0n) is 18.7. The van der Waals surface area contributed by atoms with Gasteiger partial charge in [-0.05, 0) is 49.1 Å². The number of alkyl halides is 3. The topological polar surface area (TPSA) is 57.7 Å². The number of rotatable bonds is 9. The smallest absolute Gasteiger partial charge is 0.332 e. The molecule has 2 aromatic carbocycles. The maximum Gasteiger partial charge on any atom is 0.416 e.